The highest BCUT2D eigenvalue weighted by molar-refractivity contribution is 9.10. The summed E-state index contributed by atoms with van der Waals surface area (Å²) in [5.41, 5.74) is -0.0625. The predicted molar refractivity (Wildman–Crippen MR) is 101 cm³/mol. The van der Waals surface area contributed by atoms with E-state index >= 15 is 0 Å². The van der Waals surface area contributed by atoms with Gasteiger partial charge < -0.3 is 10.6 Å². The zero-order valence-electron chi connectivity index (χ0n) is 14.6. The lowest BCUT2D eigenvalue weighted by Gasteiger charge is -2.16. The zero-order chi connectivity index (χ0) is 19.8. The van der Waals surface area contributed by atoms with Crippen molar-refractivity contribution in [1.29, 1.82) is 0 Å². The molecule has 1 aromatic carbocycles. The number of nitrogens with one attached hydrogen (secondary N) is 2. The summed E-state index contributed by atoms with van der Waals surface area (Å²) in [6.07, 6.45) is 1.61. The molecule has 0 spiro atoms. The smallest absolute Gasteiger partial charge is 0.239 e. The minimum absolute atomic E-state index is 0.00684. The van der Waals surface area contributed by atoms with E-state index < -0.39 is 11.6 Å². The van der Waals surface area contributed by atoms with Crippen LogP contribution in [0.1, 0.15) is 5.56 Å². The molecule has 0 aliphatic heterocycles. The molecular formula is C18H19BrF2N4O2. The monoisotopic (exact) mass is 440 g/mol. The third kappa shape index (κ3) is 7.03. The summed E-state index contributed by atoms with van der Waals surface area (Å²) in [5, 5.41) is 5.21. The SMILES string of the molecule is CN(CC(=O)NCCc1c(F)cccc1F)CC(=O)Nc1ccc(Br)cn1. The second kappa shape index (κ2) is 10.1. The molecule has 0 unspecified atom stereocenters. The van der Waals surface area contributed by atoms with E-state index in [1.807, 2.05) is 0 Å². The van der Waals surface area contributed by atoms with Gasteiger partial charge in [-0.1, -0.05) is 6.07 Å². The number of aromatic nitrogens is 1. The molecule has 1 aromatic heterocycles. The molecule has 2 rings (SSSR count). The number of hydrogen-bond donors (Lipinski definition) is 2. The van der Waals surface area contributed by atoms with Crippen LogP contribution in [0.15, 0.2) is 41.0 Å². The van der Waals surface area contributed by atoms with Crippen LogP contribution in [0.25, 0.3) is 0 Å². The Morgan fingerprint density at radius 1 is 1.11 bits per heavy atom. The van der Waals surface area contributed by atoms with Crippen LogP contribution in [-0.2, 0) is 16.0 Å². The van der Waals surface area contributed by atoms with Gasteiger partial charge in [-0.2, -0.15) is 0 Å². The number of carbonyl (C=O) groups excluding carboxylic acids is 2. The number of anilines is 1. The first-order valence-electron chi connectivity index (χ1n) is 8.14. The minimum Gasteiger partial charge on any atom is -0.355 e. The number of carbonyl (C=O) groups is 2. The van der Waals surface area contributed by atoms with Gasteiger partial charge in [0.05, 0.1) is 13.1 Å². The Bertz CT molecular complexity index is 782. The minimum atomic E-state index is -0.639. The second-order valence-electron chi connectivity index (χ2n) is 5.88. The van der Waals surface area contributed by atoms with Crippen molar-refractivity contribution in [1.82, 2.24) is 15.2 Å². The summed E-state index contributed by atoms with van der Waals surface area (Å²) in [5.74, 6) is -1.52. The van der Waals surface area contributed by atoms with Crippen LogP contribution in [0.2, 0.25) is 0 Å². The molecule has 0 saturated carbocycles. The van der Waals surface area contributed by atoms with Crippen molar-refractivity contribution < 1.29 is 18.4 Å². The third-order valence-electron chi connectivity index (χ3n) is 3.58. The highest BCUT2D eigenvalue weighted by atomic mass is 79.9. The van der Waals surface area contributed by atoms with Gasteiger partial charge >= 0.3 is 0 Å². The fourth-order valence-corrected chi connectivity index (χ4v) is 2.57. The first kappa shape index (κ1) is 20.9. The van der Waals surface area contributed by atoms with Crippen LogP contribution in [0.5, 0.6) is 0 Å². The number of likely N-dealkylation sites (N-methyl/N-ethyl adjacent to an activating group) is 1. The average Bonchev–Trinajstić information content (AvgIpc) is 2.59. The van der Waals surface area contributed by atoms with Gasteiger partial charge in [0.15, 0.2) is 0 Å². The zero-order valence-corrected chi connectivity index (χ0v) is 16.2. The quantitative estimate of drug-likeness (QED) is 0.660. The molecule has 0 aliphatic rings. The van der Waals surface area contributed by atoms with Crippen LogP contribution >= 0.6 is 15.9 Å². The molecule has 0 fully saturated rings. The second-order valence-corrected chi connectivity index (χ2v) is 6.80. The third-order valence-corrected chi connectivity index (χ3v) is 4.05. The highest BCUT2D eigenvalue weighted by Crippen LogP contribution is 2.12. The van der Waals surface area contributed by atoms with Crippen LogP contribution in [0.3, 0.4) is 0 Å². The summed E-state index contributed by atoms with van der Waals surface area (Å²) in [4.78, 5) is 29.4. The Morgan fingerprint density at radius 3 is 2.41 bits per heavy atom. The molecule has 2 aromatic rings. The number of rotatable bonds is 8. The van der Waals surface area contributed by atoms with Crippen molar-refractivity contribution in [2.24, 2.45) is 0 Å². The van der Waals surface area contributed by atoms with Crippen molar-refractivity contribution in [3.05, 3.63) is 58.2 Å². The Labute approximate surface area is 164 Å². The summed E-state index contributed by atoms with van der Waals surface area (Å²) in [7, 11) is 1.62. The molecule has 27 heavy (non-hydrogen) atoms. The lowest BCUT2D eigenvalue weighted by atomic mass is 10.1. The molecule has 0 atom stereocenters. The predicted octanol–water partition coefficient (Wildman–Crippen LogP) is 2.35. The summed E-state index contributed by atoms with van der Waals surface area (Å²) < 4.78 is 27.8. The standard InChI is InChI=1S/C18H19BrF2N4O2/c1-25(11-18(27)24-16-6-5-12(19)9-23-16)10-17(26)22-8-7-13-14(20)3-2-4-15(13)21/h2-6,9H,7-8,10-11H2,1H3,(H,22,26)(H,23,24,27). The fourth-order valence-electron chi connectivity index (χ4n) is 2.33. The molecule has 0 radical (unpaired) electrons. The van der Waals surface area contributed by atoms with Crippen molar-refractivity contribution >= 4 is 33.6 Å². The van der Waals surface area contributed by atoms with Crippen molar-refractivity contribution in [2.45, 2.75) is 6.42 Å². The van der Waals surface area contributed by atoms with Crippen molar-refractivity contribution in [2.75, 3.05) is 32.0 Å². The van der Waals surface area contributed by atoms with E-state index in [1.54, 1.807) is 25.4 Å². The normalized spacial score (nSPS) is 10.7. The first-order valence-corrected chi connectivity index (χ1v) is 8.94. The van der Waals surface area contributed by atoms with E-state index in [4.69, 9.17) is 0 Å². The molecule has 144 valence electrons. The Kier molecular flexibility index (Phi) is 7.81. The van der Waals surface area contributed by atoms with Crippen molar-refractivity contribution in [3.63, 3.8) is 0 Å². The largest absolute Gasteiger partial charge is 0.355 e. The molecular weight excluding hydrogens is 422 g/mol. The maximum atomic E-state index is 13.5. The molecule has 9 heteroatoms. The number of hydrogen-bond acceptors (Lipinski definition) is 4. The van der Waals surface area contributed by atoms with E-state index in [2.05, 4.69) is 31.5 Å². The van der Waals surface area contributed by atoms with E-state index in [-0.39, 0.29) is 43.4 Å². The number of benzene rings is 1. The molecule has 2 amide bonds. The van der Waals surface area contributed by atoms with E-state index in [9.17, 15) is 18.4 Å². The number of amides is 2. The lowest BCUT2D eigenvalue weighted by Crippen LogP contribution is -2.39. The fraction of sp³-hybridized carbons (Fsp3) is 0.278. The first-order chi connectivity index (χ1) is 12.8. The van der Waals surface area contributed by atoms with Gasteiger partial charge in [-0.05, 0) is 53.7 Å². The lowest BCUT2D eigenvalue weighted by molar-refractivity contribution is -0.122. The number of pyridine rings is 1. The van der Waals surface area contributed by atoms with Crippen LogP contribution in [0, 0.1) is 11.6 Å². The Balaban J connectivity index is 1.71. The Morgan fingerprint density at radius 2 is 1.78 bits per heavy atom. The number of halogens is 3. The topological polar surface area (TPSA) is 74.3 Å². The van der Waals surface area contributed by atoms with Gasteiger partial charge in [0.2, 0.25) is 11.8 Å². The van der Waals surface area contributed by atoms with Crippen LogP contribution in [0.4, 0.5) is 14.6 Å². The average molecular weight is 441 g/mol. The van der Waals surface area contributed by atoms with E-state index in [1.165, 1.54) is 23.1 Å². The molecule has 2 N–H and O–H groups in total. The molecule has 0 bridgehead atoms. The number of nitrogens with zero attached hydrogens (tertiary/aromatic N) is 2. The van der Waals surface area contributed by atoms with Crippen LogP contribution in [-0.4, -0.2) is 48.4 Å². The molecule has 0 aliphatic carbocycles. The van der Waals surface area contributed by atoms with Gasteiger partial charge in [-0.3, -0.25) is 14.5 Å². The van der Waals surface area contributed by atoms with Gasteiger partial charge in [-0.15, -0.1) is 0 Å². The van der Waals surface area contributed by atoms with Crippen LogP contribution < -0.4 is 10.6 Å². The summed E-state index contributed by atoms with van der Waals surface area (Å²) in [6.45, 7) is 0.0631. The maximum absolute atomic E-state index is 13.5. The highest BCUT2D eigenvalue weighted by Gasteiger charge is 2.12. The Hall–Kier alpha value is -2.39. The van der Waals surface area contributed by atoms with Gasteiger partial charge in [0, 0.05) is 22.8 Å². The molecule has 6 nitrogen and oxygen atoms in total. The van der Waals surface area contributed by atoms with E-state index in [0.717, 1.165) is 4.47 Å². The summed E-state index contributed by atoms with van der Waals surface area (Å²) in [6, 6.07) is 7.03. The molecule has 0 saturated heterocycles. The van der Waals surface area contributed by atoms with Crippen molar-refractivity contribution in [3.8, 4) is 0 Å². The van der Waals surface area contributed by atoms with Gasteiger partial charge in [-0.25, -0.2) is 13.8 Å². The molecule has 1 heterocycles. The maximum Gasteiger partial charge on any atom is 0.239 e. The summed E-state index contributed by atoms with van der Waals surface area (Å²) >= 11 is 3.25. The van der Waals surface area contributed by atoms with Gasteiger partial charge in [0.25, 0.3) is 0 Å². The van der Waals surface area contributed by atoms with E-state index in [0.29, 0.717) is 5.82 Å². The van der Waals surface area contributed by atoms with Gasteiger partial charge in [0.1, 0.15) is 17.5 Å².